The van der Waals surface area contributed by atoms with Crippen LogP contribution < -0.4 is 20.7 Å². The fraction of sp³-hybridized carbons (Fsp3) is 0.481. The van der Waals surface area contributed by atoms with Gasteiger partial charge in [0.2, 0.25) is 0 Å². The molecule has 316 valence electrons. The van der Waals surface area contributed by atoms with E-state index in [4.69, 9.17) is 0 Å². The van der Waals surface area contributed by atoms with E-state index in [0.717, 1.165) is 11.1 Å². The molecule has 0 bridgehead atoms. The molecule has 2 saturated carbocycles. The van der Waals surface area contributed by atoms with E-state index in [1.165, 1.54) is 62.5 Å². The van der Waals surface area contributed by atoms with Crippen molar-refractivity contribution in [3.63, 3.8) is 0 Å². The molecule has 2 unspecified atom stereocenters. The Morgan fingerprint density at radius 2 is 0.767 bits per heavy atom. The Morgan fingerprint density at radius 3 is 1.07 bits per heavy atom. The van der Waals surface area contributed by atoms with Gasteiger partial charge in [0.25, 0.3) is 0 Å². The molecule has 0 radical (unpaired) electrons. The van der Waals surface area contributed by atoms with Gasteiger partial charge in [-0.2, -0.15) is 0 Å². The molecule has 0 nitrogen and oxygen atoms in total. The molecular weight excluding hydrogens is 968 g/mol. The Bertz CT molecular complexity index is 2200. The van der Waals surface area contributed by atoms with Crippen LogP contribution in [0.1, 0.15) is 81.0 Å². The number of fused-ring (bicyclic) bond motifs is 6. The molecule has 0 aromatic heterocycles. The summed E-state index contributed by atoms with van der Waals surface area (Å²) in [6.45, 7) is 30.6. The van der Waals surface area contributed by atoms with Crippen LogP contribution in [0.4, 0.5) is 0 Å². The molecule has 0 amide bonds. The molecule has 1 heterocycles. The van der Waals surface area contributed by atoms with Gasteiger partial charge < -0.3 is 0 Å². The van der Waals surface area contributed by atoms with E-state index < -0.39 is 60.3 Å². The van der Waals surface area contributed by atoms with Crippen molar-refractivity contribution in [2.24, 2.45) is 0 Å². The summed E-state index contributed by atoms with van der Waals surface area (Å²) in [4.78, 5) is 0. The second-order valence-corrected chi connectivity index (χ2v) is 67.0. The number of benzene rings is 4. The zero-order valence-corrected chi connectivity index (χ0v) is 48.6. The first-order chi connectivity index (χ1) is 28.0. The predicted octanol–water partition coefficient (Wildman–Crippen LogP) is 14.5. The molecule has 0 spiro atoms. The van der Waals surface area contributed by atoms with Crippen LogP contribution >= 0.6 is 0 Å². The van der Waals surface area contributed by atoms with E-state index in [9.17, 15) is 0 Å². The molecule has 6 heteroatoms. The molecule has 9 rings (SSSR count). The van der Waals surface area contributed by atoms with Crippen LogP contribution in [-0.4, -0.2) is 40.4 Å². The van der Waals surface area contributed by atoms with Crippen LogP contribution in [0.3, 0.4) is 0 Å². The van der Waals surface area contributed by atoms with Crippen molar-refractivity contribution >= 4 is 73.3 Å². The first-order valence-electron chi connectivity index (χ1n) is 24.0. The minimum absolute atomic E-state index is 0.697. The van der Waals surface area contributed by atoms with Crippen LogP contribution in [0.25, 0.3) is 34.4 Å². The van der Waals surface area contributed by atoms with Gasteiger partial charge >= 0.3 is 379 Å². The fourth-order valence-electron chi connectivity index (χ4n) is 13.3. The van der Waals surface area contributed by atoms with E-state index in [-0.39, 0.29) is 0 Å². The predicted molar refractivity (Wildman–Crippen MR) is 279 cm³/mol. The summed E-state index contributed by atoms with van der Waals surface area (Å²) < 4.78 is 7.25. The first-order valence-corrected chi connectivity index (χ1v) is 51.5. The second kappa shape index (κ2) is 14.9. The first kappa shape index (κ1) is 43.6. The van der Waals surface area contributed by atoms with Crippen molar-refractivity contribution in [1.82, 2.24) is 0 Å². The molecule has 4 aromatic rings. The summed E-state index contributed by atoms with van der Waals surface area (Å²) in [6.07, 6.45) is 17.6. The summed E-state index contributed by atoms with van der Waals surface area (Å²) in [5.41, 5.74) is 14.7. The van der Waals surface area contributed by atoms with Gasteiger partial charge in [-0.05, 0) is 0 Å². The topological polar surface area (TPSA) is 0 Å². The maximum absolute atomic E-state index is 3.28. The number of rotatable bonds is 8. The van der Waals surface area contributed by atoms with Crippen molar-refractivity contribution in [3.05, 3.63) is 105 Å². The Labute approximate surface area is 375 Å². The number of allylic oxidation sites excluding steroid dienone is 2. The molecule has 1 saturated heterocycles. The van der Waals surface area contributed by atoms with Gasteiger partial charge in [-0.25, -0.2) is 0 Å². The van der Waals surface area contributed by atoms with Crippen LogP contribution in [-0.2, 0) is 20.0 Å². The van der Waals surface area contributed by atoms with Crippen molar-refractivity contribution in [1.29, 1.82) is 0 Å². The van der Waals surface area contributed by atoms with Crippen molar-refractivity contribution in [2.75, 3.05) is 0 Å². The van der Waals surface area contributed by atoms with Crippen LogP contribution in [0.5, 0.6) is 0 Å². The van der Waals surface area contributed by atoms with Gasteiger partial charge in [0.1, 0.15) is 0 Å². The van der Waals surface area contributed by atoms with Crippen molar-refractivity contribution in [3.8, 4) is 22.3 Å². The van der Waals surface area contributed by atoms with Crippen LogP contribution in [0.2, 0.25) is 99.0 Å². The summed E-state index contributed by atoms with van der Waals surface area (Å²) in [6, 6.07) is 31.2. The van der Waals surface area contributed by atoms with E-state index in [1.807, 2.05) is 0 Å². The zero-order valence-electron chi connectivity index (χ0n) is 40.0. The van der Waals surface area contributed by atoms with Crippen LogP contribution in [0.15, 0.2) is 83.2 Å². The molecule has 0 N–H and O–H groups in total. The molecule has 2 atom stereocenters. The third-order valence-corrected chi connectivity index (χ3v) is 48.3. The molecule has 4 aromatic carbocycles. The van der Waals surface area contributed by atoms with Gasteiger partial charge in [-0.1, -0.05) is 0 Å². The van der Waals surface area contributed by atoms with E-state index in [1.54, 1.807) is 54.1 Å². The summed E-state index contributed by atoms with van der Waals surface area (Å²) in [5, 5.41) is 10.7. The normalized spacial score (nSPS) is 22.6. The average molecular weight is 1040 g/mol. The summed E-state index contributed by atoms with van der Waals surface area (Å²) in [7, 11) is -8.28. The Morgan fingerprint density at radius 1 is 0.450 bits per heavy atom. The molecule has 4 aliphatic carbocycles. The standard InChI is InChI=1S/C52H70Si5.2CH3.Hf/c1-53(2,3)43-29-39(30-44(33-43)54(4,5)6)49-25-17-19-37-27-47(35-51(37)49)57(41-21-13-14-22-41,42-23-15-16-24-42)48-28-38-20-18-26-50(52(38)36-48)40-31-45(55(7,8)9)34-46(32-40)56(10,11)12;;;/h17-20,25-36,41-42H,13-16,21-24H2,1-12H3;2*1H3;. The van der Waals surface area contributed by atoms with Gasteiger partial charge in [0.05, 0.1) is 0 Å². The molecular formula is C54H76HfSi5. The van der Waals surface area contributed by atoms with Gasteiger partial charge in [-0.15, -0.1) is 0 Å². The van der Waals surface area contributed by atoms with Gasteiger partial charge in [-0.3, -0.25) is 0 Å². The van der Waals surface area contributed by atoms with E-state index in [0.29, 0.717) is 7.35 Å². The molecule has 1 aliphatic heterocycles. The second-order valence-electron chi connectivity index (χ2n) is 24.9. The number of hydrogen-bond acceptors (Lipinski definition) is 0. The average Bonchev–Trinajstić information content (AvgIpc) is 4.00. The van der Waals surface area contributed by atoms with Crippen molar-refractivity contribution in [2.45, 2.75) is 158 Å². The third kappa shape index (κ3) is 7.05. The molecule has 60 heavy (non-hydrogen) atoms. The quantitative estimate of drug-likeness (QED) is 0.154. The Hall–Kier alpha value is -1.69. The van der Waals surface area contributed by atoms with E-state index in [2.05, 4.69) is 183 Å². The Kier molecular flexibility index (Phi) is 10.8. The van der Waals surface area contributed by atoms with Gasteiger partial charge in [0, 0.05) is 0 Å². The minimum atomic E-state index is -3.28. The SMILES string of the molecule is C[Si](C)(C)c1cc(-c2cccc3c2C=C2[CH]3[Hf]([CH3])([CH3])[CH]3C(=Cc4c(-c5cc([Si](C)(C)C)cc([Si](C)(C)C)c5)cccc43)[Si]2(C2CCCC2)C2CCCC2)cc([Si](C)(C)C)c1. The third-order valence-electron chi connectivity index (χ3n) is 16.5. The van der Waals surface area contributed by atoms with E-state index >= 15 is 0 Å². The van der Waals surface area contributed by atoms with Crippen molar-refractivity contribution < 1.29 is 20.0 Å². The molecule has 3 fully saturated rings. The summed E-state index contributed by atoms with van der Waals surface area (Å²) in [5.74, 6) is 0. The monoisotopic (exact) mass is 1040 g/mol. The number of hydrogen-bond donors (Lipinski definition) is 0. The fourth-order valence-corrected chi connectivity index (χ4v) is 52.2. The van der Waals surface area contributed by atoms with Gasteiger partial charge in [0.15, 0.2) is 0 Å². The molecule has 5 aliphatic rings. The van der Waals surface area contributed by atoms with Crippen LogP contribution in [0, 0.1) is 0 Å². The zero-order chi connectivity index (χ0) is 42.9. The Balaban J connectivity index is 1.31. The summed E-state index contributed by atoms with van der Waals surface area (Å²) >= 11 is -3.28. The maximum atomic E-state index is 2.98.